The maximum Gasteiger partial charge on any atom is 0.228 e. The van der Waals surface area contributed by atoms with Crippen molar-refractivity contribution in [2.75, 3.05) is 31.2 Å². The molecule has 0 saturated carbocycles. The van der Waals surface area contributed by atoms with E-state index in [9.17, 15) is 9.59 Å². The third-order valence-corrected chi connectivity index (χ3v) is 5.22. The van der Waals surface area contributed by atoms with Crippen LogP contribution in [0.3, 0.4) is 0 Å². The molecular formula is C21H30N2O4. The van der Waals surface area contributed by atoms with Gasteiger partial charge in [0, 0.05) is 37.3 Å². The van der Waals surface area contributed by atoms with E-state index in [0.29, 0.717) is 31.3 Å². The van der Waals surface area contributed by atoms with Crippen LogP contribution in [0.5, 0.6) is 11.5 Å². The van der Waals surface area contributed by atoms with Crippen molar-refractivity contribution in [2.45, 2.75) is 52.5 Å². The number of anilines is 1. The fourth-order valence-corrected chi connectivity index (χ4v) is 3.71. The maximum absolute atomic E-state index is 13.0. The second kappa shape index (κ2) is 8.63. The number of amides is 2. The summed E-state index contributed by atoms with van der Waals surface area (Å²) in [7, 11) is 0. The third kappa shape index (κ3) is 4.37. The first kappa shape index (κ1) is 19.5. The first-order chi connectivity index (χ1) is 13.0. The van der Waals surface area contributed by atoms with Gasteiger partial charge in [-0.25, -0.2) is 0 Å². The molecule has 0 N–H and O–H groups in total. The normalized spacial score (nSPS) is 18.9. The lowest BCUT2D eigenvalue weighted by atomic mass is 10.1. The van der Waals surface area contributed by atoms with E-state index in [1.165, 1.54) is 0 Å². The molecule has 1 atom stereocenters. The van der Waals surface area contributed by atoms with Crippen LogP contribution in [0.25, 0.3) is 0 Å². The van der Waals surface area contributed by atoms with Crippen LogP contribution in [0.4, 0.5) is 5.69 Å². The number of benzene rings is 1. The summed E-state index contributed by atoms with van der Waals surface area (Å²) in [5.41, 5.74) is 0.765. The first-order valence-electron chi connectivity index (χ1n) is 10.0. The van der Waals surface area contributed by atoms with Crippen LogP contribution in [-0.4, -0.2) is 49.1 Å². The molecule has 1 unspecified atom stereocenters. The Hall–Kier alpha value is -2.24. The van der Waals surface area contributed by atoms with Crippen molar-refractivity contribution in [3.05, 3.63) is 18.2 Å². The number of hydrogen-bond acceptors (Lipinski definition) is 4. The number of fused-ring (bicyclic) bond motifs is 1. The second-order valence-corrected chi connectivity index (χ2v) is 7.57. The number of rotatable bonds is 7. The summed E-state index contributed by atoms with van der Waals surface area (Å²) < 4.78 is 11.2. The zero-order valence-corrected chi connectivity index (χ0v) is 16.6. The molecule has 0 spiro atoms. The van der Waals surface area contributed by atoms with Gasteiger partial charge in [-0.1, -0.05) is 19.8 Å². The molecule has 148 valence electrons. The van der Waals surface area contributed by atoms with Crippen molar-refractivity contribution in [1.29, 1.82) is 0 Å². The molecule has 0 bridgehead atoms. The number of ether oxygens (including phenoxy) is 2. The molecule has 3 rings (SSSR count). The molecule has 0 aliphatic carbocycles. The van der Waals surface area contributed by atoms with Crippen LogP contribution < -0.4 is 14.4 Å². The Labute approximate surface area is 161 Å². The van der Waals surface area contributed by atoms with E-state index < -0.39 is 0 Å². The van der Waals surface area contributed by atoms with Gasteiger partial charge in [-0.05, 0) is 32.4 Å². The second-order valence-electron chi connectivity index (χ2n) is 7.57. The molecule has 27 heavy (non-hydrogen) atoms. The van der Waals surface area contributed by atoms with E-state index in [1.807, 2.05) is 36.9 Å². The molecule has 2 amide bonds. The number of nitrogens with zero attached hydrogens (tertiary/aromatic N) is 2. The van der Waals surface area contributed by atoms with Crippen molar-refractivity contribution in [1.82, 2.24) is 4.90 Å². The van der Waals surface area contributed by atoms with Gasteiger partial charge >= 0.3 is 0 Å². The minimum absolute atomic E-state index is 0.0118. The lowest BCUT2D eigenvalue weighted by Gasteiger charge is -2.29. The Morgan fingerprint density at radius 2 is 1.96 bits per heavy atom. The van der Waals surface area contributed by atoms with Crippen molar-refractivity contribution in [3.8, 4) is 11.5 Å². The quantitative estimate of drug-likeness (QED) is 0.688. The summed E-state index contributed by atoms with van der Waals surface area (Å²) in [5.74, 6) is 1.15. The Morgan fingerprint density at radius 3 is 2.67 bits per heavy atom. The number of carbonyl (C=O) groups excluding carboxylic acids is 2. The van der Waals surface area contributed by atoms with Crippen LogP contribution in [0, 0.1) is 5.92 Å². The van der Waals surface area contributed by atoms with Crippen LogP contribution in [-0.2, 0) is 9.59 Å². The van der Waals surface area contributed by atoms with Gasteiger partial charge in [0.1, 0.15) is 13.2 Å². The van der Waals surface area contributed by atoms with E-state index in [4.69, 9.17) is 9.47 Å². The third-order valence-electron chi connectivity index (χ3n) is 5.22. The van der Waals surface area contributed by atoms with Gasteiger partial charge in [0.25, 0.3) is 0 Å². The van der Waals surface area contributed by atoms with Crippen molar-refractivity contribution in [3.63, 3.8) is 0 Å². The molecule has 1 saturated heterocycles. The highest BCUT2D eigenvalue weighted by Gasteiger charge is 2.38. The van der Waals surface area contributed by atoms with E-state index in [2.05, 4.69) is 6.92 Å². The highest BCUT2D eigenvalue weighted by atomic mass is 16.6. The molecule has 1 aromatic rings. The summed E-state index contributed by atoms with van der Waals surface area (Å²) in [4.78, 5) is 29.3. The molecule has 6 heteroatoms. The molecule has 6 nitrogen and oxygen atoms in total. The van der Waals surface area contributed by atoms with E-state index in [1.54, 1.807) is 4.90 Å². The molecule has 2 heterocycles. The Balaban J connectivity index is 1.69. The molecular weight excluding hydrogens is 344 g/mol. The molecule has 1 fully saturated rings. The minimum atomic E-state index is -0.283. The van der Waals surface area contributed by atoms with Crippen molar-refractivity contribution >= 4 is 17.5 Å². The fourth-order valence-electron chi connectivity index (χ4n) is 3.71. The van der Waals surface area contributed by atoms with Crippen LogP contribution in [0.1, 0.15) is 46.5 Å². The summed E-state index contributed by atoms with van der Waals surface area (Å²) >= 11 is 0. The predicted molar refractivity (Wildman–Crippen MR) is 104 cm³/mol. The van der Waals surface area contributed by atoms with Gasteiger partial charge in [-0.3, -0.25) is 9.59 Å². The number of carbonyl (C=O) groups is 2. The molecule has 1 aromatic carbocycles. The zero-order valence-electron chi connectivity index (χ0n) is 16.6. The van der Waals surface area contributed by atoms with Gasteiger partial charge < -0.3 is 19.3 Å². The summed E-state index contributed by atoms with van der Waals surface area (Å²) in [5, 5.41) is 0. The van der Waals surface area contributed by atoms with Gasteiger partial charge in [0.05, 0.1) is 5.92 Å². The highest BCUT2D eigenvalue weighted by molar-refractivity contribution is 6.00. The van der Waals surface area contributed by atoms with E-state index in [-0.39, 0.29) is 30.2 Å². The average Bonchev–Trinajstić information content (AvgIpc) is 3.06. The summed E-state index contributed by atoms with van der Waals surface area (Å²) in [6.07, 6.45) is 3.51. The predicted octanol–water partition coefficient (Wildman–Crippen LogP) is 3.24. The van der Waals surface area contributed by atoms with Crippen LogP contribution in [0.15, 0.2) is 18.2 Å². The topological polar surface area (TPSA) is 59.1 Å². The number of hydrogen-bond donors (Lipinski definition) is 0. The van der Waals surface area contributed by atoms with Crippen LogP contribution in [0.2, 0.25) is 0 Å². The van der Waals surface area contributed by atoms with Crippen molar-refractivity contribution in [2.24, 2.45) is 5.92 Å². The Kier molecular flexibility index (Phi) is 6.24. The van der Waals surface area contributed by atoms with Gasteiger partial charge in [0.2, 0.25) is 11.8 Å². The summed E-state index contributed by atoms with van der Waals surface area (Å²) in [6.45, 7) is 8.47. The zero-order chi connectivity index (χ0) is 19.4. The number of unbranched alkanes of at least 4 members (excludes halogenated alkanes) is 2. The molecule has 0 radical (unpaired) electrons. The van der Waals surface area contributed by atoms with E-state index in [0.717, 1.165) is 31.5 Å². The maximum atomic E-state index is 13.0. The van der Waals surface area contributed by atoms with Gasteiger partial charge in [-0.2, -0.15) is 0 Å². The molecule has 0 aromatic heterocycles. The highest BCUT2D eigenvalue weighted by Crippen LogP contribution is 2.36. The van der Waals surface area contributed by atoms with Gasteiger partial charge in [-0.15, -0.1) is 0 Å². The minimum Gasteiger partial charge on any atom is -0.486 e. The molecule has 2 aliphatic heterocycles. The smallest absolute Gasteiger partial charge is 0.228 e. The monoisotopic (exact) mass is 374 g/mol. The van der Waals surface area contributed by atoms with Crippen molar-refractivity contribution < 1.29 is 19.1 Å². The SMILES string of the molecule is CCCCCN(C(=O)C1CC(=O)N(c2ccc3c(c2)OCCO3)C1)C(C)C. The fraction of sp³-hybridized carbons (Fsp3) is 0.619. The van der Waals surface area contributed by atoms with Gasteiger partial charge in [0.15, 0.2) is 11.5 Å². The van der Waals surface area contributed by atoms with E-state index >= 15 is 0 Å². The standard InChI is InChI=1S/C21H30N2O4/c1-4-5-6-9-22(15(2)3)21(25)16-12-20(24)23(14-16)17-7-8-18-19(13-17)27-11-10-26-18/h7-8,13,15-16H,4-6,9-12,14H2,1-3H3. The molecule has 2 aliphatic rings. The largest absolute Gasteiger partial charge is 0.486 e. The summed E-state index contributed by atoms with van der Waals surface area (Å²) in [6, 6.07) is 5.67. The average molecular weight is 374 g/mol. The lowest BCUT2D eigenvalue weighted by molar-refractivity contribution is -0.137. The first-order valence-corrected chi connectivity index (χ1v) is 10.0. The van der Waals surface area contributed by atoms with Crippen LogP contribution >= 0.6 is 0 Å². The lowest BCUT2D eigenvalue weighted by Crippen LogP contribution is -2.42. The Bertz CT molecular complexity index is 689. The Morgan fingerprint density at radius 1 is 1.22 bits per heavy atom.